The summed E-state index contributed by atoms with van der Waals surface area (Å²) >= 11 is 9.95. The van der Waals surface area contributed by atoms with E-state index in [-0.39, 0.29) is 27.0 Å². The van der Waals surface area contributed by atoms with Crippen LogP contribution in [0.5, 0.6) is 0 Å². The summed E-state index contributed by atoms with van der Waals surface area (Å²) in [7, 11) is 0. The topological polar surface area (TPSA) is 97.6 Å². The maximum absolute atomic E-state index is 12.6. The summed E-state index contributed by atoms with van der Waals surface area (Å²) in [5, 5.41) is 10.5. The van der Waals surface area contributed by atoms with Crippen LogP contribution in [-0.4, -0.2) is 33.3 Å². The second-order valence-electron chi connectivity index (χ2n) is 5.66. The molecule has 0 N–H and O–H groups in total. The smallest absolute Gasteiger partial charge is 0.292 e. The van der Waals surface area contributed by atoms with E-state index < -0.39 is 22.6 Å². The van der Waals surface area contributed by atoms with Gasteiger partial charge < -0.3 is 0 Å². The zero-order chi connectivity index (χ0) is 20.4. The Morgan fingerprint density at radius 3 is 2.54 bits per heavy atom. The number of rotatable bonds is 5. The molecule has 142 valence electrons. The standard InChI is InChI=1S/C18H10BrClN2O5S/c19-12-3-1-10(2-4-12)15(23)9-21-17(24)16(28-18(21)25)8-11-7-13(22(26)27)5-6-14(11)20/h1-8H,9H2/b16-8-. The second kappa shape index (κ2) is 8.26. The first-order valence-corrected chi connectivity index (χ1v) is 9.73. The van der Waals surface area contributed by atoms with Crippen LogP contribution in [0.3, 0.4) is 0 Å². The van der Waals surface area contributed by atoms with Gasteiger partial charge >= 0.3 is 0 Å². The Hall–Kier alpha value is -2.49. The lowest BCUT2D eigenvalue weighted by Crippen LogP contribution is -2.33. The number of carbonyl (C=O) groups is 3. The molecule has 2 amide bonds. The molecule has 7 nitrogen and oxygen atoms in total. The van der Waals surface area contributed by atoms with Gasteiger partial charge in [-0.15, -0.1) is 0 Å². The minimum Gasteiger partial charge on any atom is -0.292 e. The molecule has 0 atom stereocenters. The number of non-ortho nitro benzene ring substituents is 1. The van der Waals surface area contributed by atoms with E-state index in [9.17, 15) is 24.5 Å². The fourth-order valence-corrected chi connectivity index (χ4v) is 3.67. The van der Waals surface area contributed by atoms with E-state index in [1.807, 2.05) is 0 Å². The van der Waals surface area contributed by atoms with E-state index in [2.05, 4.69) is 15.9 Å². The number of benzene rings is 2. The number of halogens is 2. The van der Waals surface area contributed by atoms with Gasteiger partial charge in [0.05, 0.1) is 16.4 Å². The summed E-state index contributed by atoms with van der Waals surface area (Å²) in [5.74, 6) is -1.03. The molecule has 0 spiro atoms. The summed E-state index contributed by atoms with van der Waals surface area (Å²) in [6, 6.07) is 10.3. The molecule has 10 heteroatoms. The number of nitrogens with zero attached hydrogens (tertiary/aromatic N) is 2. The van der Waals surface area contributed by atoms with Crippen LogP contribution in [0.4, 0.5) is 10.5 Å². The van der Waals surface area contributed by atoms with Gasteiger partial charge in [-0.05, 0) is 36.0 Å². The number of imide groups is 1. The number of nitro groups is 1. The fourth-order valence-electron chi connectivity index (χ4n) is 2.40. The zero-order valence-electron chi connectivity index (χ0n) is 13.9. The van der Waals surface area contributed by atoms with E-state index in [0.29, 0.717) is 17.3 Å². The van der Waals surface area contributed by atoms with E-state index in [1.165, 1.54) is 24.3 Å². The van der Waals surface area contributed by atoms with Gasteiger partial charge in [0.1, 0.15) is 0 Å². The zero-order valence-corrected chi connectivity index (χ0v) is 17.1. The van der Waals surface area contributed by atoms with Crippen LogP contribution < -0.4 is 0 Å². The molecule has 1 aliphatic rings. The molecule has 0 saturated carbocycles. The number of ketones is 1. The third-order valence-corrected chi connectivity index (χ3v) is 5.60. The predicted molar refractivity (Wildman–Crippen MR) is 109 cm³/mol. The SMILES string of the molecule is O=C(CN1C(=O)S/C(=C\c2cc([N+](=O)[O-])ccc2Cl)C1=O)c1ccc(Br)cc1. The van der Waals surface area contributed by atoms with Crippen LogP contribution in [0.15, 0.2) is 51.8 Å². The summed E-state index contributed by atoms with van der Waals surface area (Å²) < 4.78 is 0.798. The average molecular weight is 482 g/mol. The highest BCUT2D eigenvalue weighted by molar-refractivity contribution is 9.10. The molecule has 0 bridgehead atoms. The molecule has 0 aromatic heterocycles. The molecule has 0 unspecified atom stereocenters. The minimum atomic E-state index is -0.650. The van der Waals surface area contributed by atoms with Gasteiger partial charge in [-0.25, -0.2) is 0 Å². The molecule has 3 rings (SSSR count). The van der Waals surface area contributed by atoms with E-state index in [0.717, 1.165) is 9.37 Å². The third-order valence-electron chi connectivity index (χ3n) is 3.82. The third kappa shape index (κ3) is 4.32. The maximum Gasteiger partial charge on any atom is 0.293 e. The van der Waals surface area contributed by atoms with Crippen LogP contribution >= 0.6 is 39.3 Å². The van der Waals surface area contributed by atoms with Gasteiger partial charge in [-0.3, -0.25) is 29.4 Å². The lowest BCUT2D eigenvalue weighted by atomic mass is 10.1. The fraction of sp³-hybridized carbons (Fsp3) is 0.0556. The van der Waals surface area contributed by atoms with E-state index in [1.54, 1.807) is 24.3 Å². The molecule has 0 aliphatic carbocycles. The van der Waals surface area contributed by atoms with Crippen molar-refractivity contribution in [3.8, 4) is 0 Å². The van der Waals surface area contributed by atoms with Gasteiger partial charge in [0.2, 0.25) is 0 Å². The molecule has 1 fully saturated rings. The number of Topliss-reactive ketones (excluding diaryl/α,β-unsaturated/α-hetero) is 1. The quantitative estimate of drug-likeness (QED) is 0.260. The Kier molecular flexibility index (Phi) is 5.97. The Morgan fingerprint density at radius 1 is 1.21 bits per heavy atom. The highest BCUT2D eigenvalue weighted by atomic mass is 79.9. The van der Waals surface area contributed by atoms with Crippen molar-refractivity contribution in [2.75, 3.05) is 6.54 Å². The Bertz CT molecular complexity index is 1040. The van der Waals surface area contributed by atoms with Crippen molar-refractivity contribution in [2.24, 2.45) is 0 Å². The predicted octanol–water partition coefficient (Wildman–Crippen LogP) is 4.93. The van der Waals surface area contributed by atoms with Gasteiger partial charge in [0, 0.05) is 32.8 Å². The van der Waals surface area contributed by atoms with Crippen molar-refractivity contribution in [1.29, 1.82) is 0 Å². The van der Waals surface area contributed by atoms with Gasteiger partial charge in [-0.1, -0.05) is 39.7 Å². The molecule has 28 heavy (non-hydrogen) atoms. The number of amides is 2. The summed E-state index contributed by atoms with van der Waals surface area (Å²) in [6.45, 7) is -0.397. The largest absolute Gasteiger partial charge is 0.293 e. The minimum absolute atomic E-state index is 0.0380. The van der Waals surface area contributed by atoms with Crippen molar-refractivity contribution < 1.29 is 19.3 Å². The molecule has 2 aromatic carbocycles. The lowest BCUT2D eigenvalue weighted by Gasteiger charge is -2.11. The van der Waals surface area contributed by atoms with Crippen molar-refractivity contribution in [3.63, 3.8) is 0 Å². The first-order chi connectivity index (χ1) is 13.3. The highest BCUT2D eigenvalue weighted by Gasteiger charge is 2.36. The van der Waals surface area contributed by atoms with Crippen molar-refractivity contribution >= 4 is 68.0 Å². The highest BCUT2D eigenvalue weighted by Crippen LogP contribution is 2.34. The normalized spacial score (nSPS) is 15.4. The number of nitro benzene ring substituents is 1. The van der Waals surface area contributed by atoms with Gasteiger partial charge in [0.25, 0.3) is 16.8 Å². The van der Waals surface area contributed by atoms with Crippen molar-refractivity contribution in [1.82, 2.24) is 4.90 Å². The Labute approximate surface area is 176 Å². The van der Waals surface area contributed by atoms with Crippen molar-refractivity contribution in [2.45, 2.75) is 0 Å². The van der Waals surface area contributed by atoms with Crippen molar-refractivity contribution in [3.05, 3.63) is 78.1 Å². The number of thioether (sulfide) groups is 1. The molecular formula is C18H10BrClN2O5S. The number of hydrogen-bond acceptors (Lipinski definition) is 6. The molecule has 1 heterocycles. The number of carbonyl (C=O) groups excluding carboxylic acids is 3. The van der Waals surface area contributed by atoms with Crippen LogP contribution in [0, 0.1) is 10.1 Å². The van der Waals surface area contributed by atoms with Crippen LogP contribution in [0.1, 0.15) is 15.9 Å². The molecule has 1 aliphatic heterocycles. The molecule has 2 aromatic rings. The van der Waals surface area contributed by atoms with Crippen LogP contribution in [0.2, 0.25) is 5.02 Å². The number of hydrogen-bond donors (Lipinski definition) is 0. The van der Waals surface area contributed by atoms with Crippen LogP contribution in [-0.2, 0) is 4.79 Å². The summed E-state index contributed by atoms with van der Waals surface area (Å²) in [5.41, 5.74) is 0.411. The Balaban J connectivity index is 1.82. The van der Waals surface area contributed by atoms with E-state index in [4.69, 9.17) is 11.6 Å². The summed E-state index contributed by atoms with van der Waals surface area (Å²) in [4.78, 5) is 48.3. The maximum atomic E-state index is 12.6. The monoisotopic (exact) mass is 480 g/mol. The van der Waals surface area contributed by atoms with Crippen LogP contribution in [0.25, 0.3) is 6.08 Å². The summed E-state index contributed by atoms with van der Waals surface area (Å²) in [6.07, 6.45) is 1.31. The first-order valence-electron chi connectivity index (χ1n) is 7.74. The first kappa shape index (κ1) is 20.2. The molecular weight excluding hydrogens is 472 g/mol. The molecule has 1 saturated heterocycles. The average Bonchev–Trinajstić information content (AvgIpc) is 2.91. The lowest BCUT2D eigenvalue weighted by molar-refractivity contribution is -0.384. The second-order valence-corrected chi connectivity index (χ2v) is 7.98. The molecule has 0 radical (unpaired) electrons. The van der Waals surface area contributed by atoms with E-state index >= 15 is 0 Å². The van der Waals surface area contributed by atoms with Gasteiger partial charge in [0.15, 0.2) is 5.78 Å². The Morgan fingerprint density at radius 2 is 1.89 bits per heavy atom. The van der Waals surface area contributed by atoms with Gasteiger partial charge in [-0.2, -0.15) is 0 Å².